The van der Waals surface area contributed by atoms with Gasteiger partial charge in [0.25, 0.3) is 5.69 Å². The van der Waals surface area contributed by atoms with Crippen LogP contribution >= 0.6 is 11.6 Å². The van der Waals surface area contributed by atoms with Crippen LogP contribution in [0.1, 0.15) is 5.56 Å². The summed E-state index contributed by atoms with van der Waals surface area (Å²) in [7, 11) is 0. The third-order valence-corrected chi connectivity index (χ3v) is 3.29. The highest BCUT2D eigenvalue weighted by atomic mass is 35.5. The number of ether oxygens (including phenoxy) is 1. The Morgan fingerprint density at radius 1 is 1.35 bits per heavy atom. The van der Waals surface area contributed by atoms with E-state index in [1.807, 2.05) is 6.07 Å². The number of nitro benzene ring substituents is 1. The predicted octanol–water partition coefficient (Wildman–Crippen LogP) is 4.51. The molecule has 0 spiro atoms. The maximum absolute atomic E-state index is 11.1. The molecule has 0 saturated carbocycles. The fourth-order valence-corrected chi connectivity index (χ4v) is 2.11. The second-order valence-corrected chi connectivity index (χ2v) is 4.81. The van der Waals surface area contributed by atoms with Crippen LogP contribution in [0, 0.1) is 21.4 Å². The van der Waals surface area contributed by atoms with Crippen LogP contribution in [0.4, 0.5) is 11.4 Å². The summed E-state index contributed by atoms with van der Waals surface area (Å²) in [6.07, 6.45) is 1.56. The highest BCUT2D eigenvalue weighted by molar-refractivity contribution is 6.35. The first kappa shape index (κ1) is 16.3. The SMILES string of the molecule is C=CCNc1c([N+](=O)[O-])ccc(Oc2ccc(C#N)cc2)c1Cl. The zero-order valence-corrected chi connectivity index (χ0v) is 12.7. The molecule has 116 valence electrons. The summed E-state index contributed by atoms with van der Waals surface area (Å²) in [5, 5.41) is 22.8. The number of hydrogen-bond donors (Lipinski definition) is 1. The number of anilines is 1. The minimum absolute atomic E-state index is 0.102. The molecule has 23 heavy (non-hydrogen) atoms. The number of rotatable bonds is 6. The summed E-state index contributed by atoms with van der Waals surface area (Å²) < 4.78 is 5.63. The lowest BCUT2D eigenvalue weighted by atomic mass is 10.2. The van der Waals surface area contributed by atoms with Crippen molar-refractivity contribution >= 4 is 23.0 Å². The van der Waals surface area contributed by atoms with Crippen molar-refractivity contribution in [3.05, 3.63) is 69.8 Å². The van der Waals surface area contributed by atoms with Gasteiger partial charge in [-0.2, -0.15) is 5.26 Å². The van der Waals surface area contributed by atoms with Crippen LogP contribution < -0.4 is 10.1 Å². The first-order chi connectivity index (χ1) is 11.1. The molecule has 0 atom stereocenters. The molecule has 2 aromatic rings. The van der Waals surface area contributed by atoms with Gasteiger partial charge in [0.05, 0.1) is 16.6 Å². The second kappa shape index (κ2) is 7.29. The molecule has 0 amide bonds. The molecule has 0 aliphatic rings. The molecule has 7 heteroatoms. The number of nitrogens with zero attached hydrogens (tertiary/aromatic N) is 2. The molecular weight excluding hydrogens is 318 g/mol. The zero-order valence-electron chi connectivity index (χ0n) is 12.0. The molecule has 0 heterocycles. The number of hydrogen-bond acceptors (Lipinski definition) is 5. The van der Waals surface area contributed by atoms with Crippen molar-refractivity contribution in [1.82, 2.24) is 0 Å². The highest BCUT2D eigenvalue weighted by Crippen LogP contribution is 2.40. The molecule has 1 N–H and O–H groups in total. The average Bonchev–Trinajstić information content (AvgIpc) is 2.56. The van der Waals surface area contributed by atoms with Crippen LogP contribution in [0.3, 0.4) is 0 Å². The standard InChI is InChI=1S/C16H12ClN3O3/c1-2-9-19-16-13(20(21)22)7-8-14(15(16)17)23-12-5-3-11(10-18)4-6-12/h2-8,19H,1,9H2. The lowest BCUT2D eigenvalue weighted by molar-refractivity contribution is -0.384. The summed E-state index contributed by atoms with van der Waals surface area (Å²) in [4.78, 5) is 10.6. The van der Waals surface area contributed by atoms with Crippen LogP contribution in [0.15, 0.2) is 49.1 Å². The fourth-order valence-electron chi connectivity index (χ4n) is 1.84. The monoisotopic (exact) mass is 329 g/mol. The van der Waals surface area contributed by atoms with Gasteiger partial charge in [-0.3, -0.25) is 10.1 Å². The van der Waals surface area contributed by atoms with Crippen molar-refractivity contribution in [1.29, 1.82) is 5.26 Å². The van der Waals surface area contributed by atoms with E-state index in [0.29, 0.717) is 17.9 Å². The largest absolute Gasteiger partial charge is 0.456 e. The molecule has 0 fully saturated rings. The molecule has 0 aliphatic heterocycles. The number of nitro groups is 1. The maximum Gasteiger partial charge on any atom is 0.294 e. The van der Waals surface area contributed by atoms with Gasteiger partial charge in [0.15, 0.2) is 0 Å². The highest BCUT2D eigenvalue weighted by Gasteiger charge is 2.20. The molecule has 0 radical (unpaired) electrons. The Balaban J connectivity index is 2.36. The minimum atomic E-state index is -0.525. The van der Waals surface area contributed by atoms with E-state index >= 15 is 0 Å². The van der Waals surface area contributed by atoms with Gasteiger partial charge in [-0.25, -0.2) is 0 Å². The van der Waals surface area contributed by atoms with E-state index in [0.717, 1.165) is 0 Å². The molecule has 2 rings (SSSR count). The number of nitriles is 1. The third kappa shape index (κ3) is 3.78. The van der Waals surface area contributed by atoms with Crippen molar-refractivity contribution in [3.63, 3.8) is 0 Å². The van der Waals surface area contributed by atoms with Gasteiger partial charge >= 0.3 is 0 Å². The van der Waals surface area contributed by atoms with E-state index in [2.05, 4.69) is 11.9 Å². The van der Waals surface area contributed by atoms with E-state index in [4.69, 9.17) is 21.6 Å². The van der Waals surface area contributed by atoms with Crippen LogP contribution in [0.25, 0.3) is 0 Å². The maximum atomic E-state index is 11.1. The zero-order chi connectivity index (χ0) is 16.8. The Morgan fingerprint density at radius 3 is 2.61 bits per heavy atom. The predicted molar refractivity (Wildman–Crippen MR) is 88.0 cm³/mol. The van der Waals surface area contributed by atoms with Gasteiger partial charge in [0.2, 0.25) is 0 Å². The quantitative estimate of drug-likeness (QED) is 0.478. The Hall–Kier alpha value is -3.04. The first-order valence-corrected chi connectivity index (χ1v) is 6.94. The van der Waals surface area contributed by atoms with E-state index < -0.39 is 4.92 Å². The van der Waals surface area contributed by atoms with E-state index in [1.54, 1.807) is 30.3 Å². The van der Waals surface area contributed by atoms with Gasteiger partial charge in [-0.1, -0.05) is 17.7 Å². The van der Waals surface area contributed by atoms with Crippen molar-refractivity contribution in [2.45, 2.75) is 0 Å². The molecular formula is C16H12ClN3O3. The van der Waals surface area contributed by atoms with Gasteiger partial charge in [0, 0.05) is 12.6 Å². The first-order valence-electron chi connectivity index (χ1n) is 6.56. The topological polar surface area (TPSA) is 88.2 Å². The summed E-state index contributed by atoms with van der Waals surface area (Å²) in [6, 6.07) is 11.2. The summed E-state index contributed by atoms with van der Waals surface area (Å²) in [6.45, 7) is 3.87. The number of halogens is 1. The van der Waals surface area contributed by atoms with Crippen molar-refractivity contribution < 1.29 is 9.66 Å². The number of benzene rings is 2. The van der Waals surface area contributed by atoms with Crippen LogP contribution in [0.5, 0.6) is 11.5 Å². The second-order valence-electron chi connectivity index (χ2n) is 4.44. The lowest BCUT2D eigenvalue weighted by Crippen LogP contribution is -2.03. The summed E-state index contributed by atoms with van der Waals surface area (Å²) in [5.74, 6) is 0.739. The van der Waals surface area contributed by atoms with Crippen molar-refractivity contribution in [3.8, 4) is 17.6 Å². The molecule has 0 unspecified atom stereocenters. The van der Waals surface area contributed by atoms with E-state index in [-0.39, 0.29) is 22.1 Å². The van der Waals surface area contributed by atoms with Gasteiger partial charge in [-0.15, -0.1) is 6.58 Å². The van der Waals surface area contributed by atoms with Gasteiger partial charge < -0.3 is 10.1 Å². The van der Waals surface area contributed by atoms with Crippen LogP contribution in [0.2, 0.25) is 5.02 Å². The molecule has 0 bridgehead atoms. The Morgan fingerprint density at radius 2 is 2.04 bits per heavy atom. The smallest absolute Gasteiger partial charge is 0.294 e. The van der Waals surface area contributed by atoms with E-state index in [9.17, 15) is 10.1 Å². The van der Waals surface area contributed by atoms with Crippen LogP contribution in [-0.4, -0.2) is 11.5 Å². The fraction of sp³-hybridized carbons (Fsp3) is 0.0625. The molecule has 0 saturated heterocycles. The lowest BCUT2D eigenvalue weighted by Gasteiger charge is -2.12. The van der Waals surface area contributed by atoms with Gasteiger partial charge in [0.1, 0.15) is 22.2 Å². The molecule has 6 nitrogen and oxygen atoms in total. The Labute approximate surface area is 137 Å². The Bertz CT molecular complexity index is 782. The molecule has 2 aromatic carbocycles. The van der Waals surface area contributed by atoms with Gasteiger partial charge in [-0.05, 0) is 30.3 Å². The normalized spacial score (nSPS) is 9.74. The van der Waals surface area contributed by atoms with Crippen LogP contribution in [-0.2, 0) is 0 Å². The molecule has 0 aliphatic carbocycles. The molecule has 0 aromatic heterocycles. The Kier molecular flexibility index (Phi) is 5.18. The average molecular weight is 330 g/mol. The minimum Gasteiger partial charge on any atom is -0.456 e. The van der Waals surface area contributed by atoms with Crippen molar-refractivity contribution in [2.24, 2.45) is 0 Å². The van der Waals surface area contributed by atoms with Crippen molar-refractivity contribution in [2.75, 3.05) is 11.9 Å². The van der Waals surface area contributed by atoms with E-state index in [1.165, 1.54) is 12.1 Å². The third-order valence-electron chi connectivity index (χ3n) is 2.92. The summed E-state index contributed by atoms with van der Waals surface area (Å²) in [5.41, 5.74) is 0.521. The summed E-state index contributed by atoms with van der Waals surface area (Å²) >= 11 is 6.22. The number of nitrogens with one attached hydrogen (secondary N) is 1.